The highest BCUT2D eigenvalue weighted by molar-refractivity contribution is 5.94. The van der Waals surface area contributed by atoms with Crippen LogP contribution in [0.3, 0.4) is 0 Å². The molecule has 1 aliphatic rings. The number of methoxy groups -OCH3 is 1. The van der Waals surface area contributed by atoms with Gasteiger partial charge in [-0.25, -0.2) is 0 Å². The Labute approximate surface area is 197 Å². The van der Waals surface area contributed by atoms with Crippen molar-refractivity contribution in [3.63, 3.8) is 0 Å². The molecule has 0 radical (unpaired) electrons. The Balaban J connectivity index is 1.41. The summed E-state index contributed by atoms with van der Waals surface area (Å²) in [5.41, 5.74) is 8.08. The highest BCUT2D eigenvalue weighted by Crippen LogP contribution is 2.26. The number of aromatic hydroxyl groups is 1. The van der Waals surface area contributed by atoms with E-state index < -0.39 is 0 Å². The van der Waals surface area contributed by atoms with Crippen LogP contribution in [0.1, 0.15) is 35.2 Å². The van der Waals surface area contributed by atoms with Gasteiger partial charge in [0.05, 0.1) is 13.2 Å². The zero-order chi connectivity index (χ0) is 24.1. The average molecular weight is 470 g/mol. The molecule has 11 heteroatoms. The second-order valence-corrected chi connectivity index (χ2v) is 8.42. The first-order valence-corrected chi connectivity index (χ1v) is 11.4. The molecule has 34 heavy (non-hydrogen) atoms. The molecule has 3 aromatic rings. The molecule has 1 aliphatic heterocycles. The van der Waals surface area contributed by atoms with Gasteiger partial charge in [-0.3, -0.25) is 9.36 Å². The minimum Gasteiger partial charge on any atom is -0.480 e. The number of anilines is 1. The van der Waals surface area contributed by atoms with Crippen molar-refractivity contribution in [2.45, 2.75) is 31.8 Å². The van der Waals surface area contributed by atoms with Crippen LogP contribution in [0, 0.1) is 0 Å². The van der Waals surface area contributed by atoms with Crippen LogP contribution >= 0.6 is 0 Å². The summed E-state index contributed by atoms with van der Waals surface area (Å²) in [6, 6.07) is 7.61. The molecule has 0 aliphatic carbocycles. The number of imidazole rings is 1. The van der Waals surface area contributed by atoms with E-state index in [-0.39, 0.29) is 36.9 Å². The molecule has 1 aromatic carbocycles. The van der Waals surface area contributed by atoms with Crippen molar-refractivity contribution in [2.24, 2.45) is 0 Å². The van der Waals surface area contributed by atoms with Gasteiger partial charge >= 0.3 is 6.01 Å². The predicted molar refractivity (Wildman–Crippen MR) is 127 cm³/mol. The van der Waals surface area contributed by atoms with Crippen molar-refractivity contribution < 1.29 is 19.4 Å². The summed E-state index contributed by atoms with van der Waals surface area (Å²) in [6.45, 7) is 2.71. The lowest BCUT2D eigenvalue weighted by Crippen LogP contribution is -2.31. The number of aromatic nitrogens is 4. The molecule has 2 aromatic heterocycles. The molecule has 4 N–H and O–H groups in total. The second kappa shape index (κ2) is 10.7. The van der Waals surface area contributed by atoms with E-state index >= 15 is 0 Å². The molecular formula is C23H31N7O4. The lowest BCUT2D eigenvalue weighted by Gasteiger charge is -2.19. The Morgan fingerprint density at radius 1 is 1.24 bits per heavy atom. The smallest absolute Gasteiger partial charge is 0.320 e. The molecular weight excluding hydrogens is 438 g/mol. The summed E-state index contributed by atoms with van der Waals surface area (Å²) in [5, 5.41) is 13.4. The number of hydrogen-bond acceptors (Lipinski definition) is 9. The third kappa shape index (κ3) is 5.37. The lowest BCUT2D eigenvalue weighted by atomic mass is 10.1. The quantitative estimate of drug-likeness (QED) is 0.376. The van der Waals surface area contributed by atoms with Gasteiger partial charge in [-0.1, -0.05) is 12.1 Å². The second-order valence-electron chi connectivity index (χ2n) is 8.42. The summed E-state index contributed by atoms with van der Waals surface area (Å²) in [7, 11) is 3.70. The Morgan fingerprint density at radius 2 is 2.03 bits per heavy atom. The van der Waals surface area contributed by atoms with E-state index in [1.807, 2.05) is 12.1 Å². The van der Waals surface area contributed by atoms with Gasteiger partial charge in [0.15, 0.2) is 17.0 Å². The van der Waals surface area contributed by atoms with Crippen molar-refractivity contribution in [3.8, 4) is 12.0 Å². The van der Waals surface area contributed by atoms with Gasteiger partial charge in [0.2, 0.25) is 0 Å². The van der Waals surface area contributed by atoms with Crippen LogP contribution in [0.25, 0.3) is 11.2 Å². The Hall–Kier alpha value is -3.44. The largest absolute Gasteiger partial charge is 0.480 e. The summed E-state index contributed by atoms with van der Waals surface area (Å²) in [4.78, 5) is 27.4. The molecule has 182 valence electrons. The van der Waals surface area contributed by atoms with Gasteiger partial charge in [-0.15, -0.1) is 0 Å². The van der Waals surface area contributed by atoms with E-state index in [0.29, 0.717) is 35.9 Å². The van der Waals surface area contributed by atoms with Gasteiger partial charge in [-0.05, 0) is 50.6 Å². The SMILES string of the molecule is COCCOc1nc(N)c2nc(O)n(Cc3ccc(C(=O)NCCC4CCCN4C)cc3)c2n1. The van der Waals surface area contributed by atoms with Crippen LogP contribution in [-0.4, -0.2) is 81.9 Å². The first-order valence-electron chi connectivity index (χ1n) is 11.4. The maximum absolute atomic E-state index is 12.5. The Morgan fingerprint density at radius 3 is 2.74 bits per heavy atom. The van der Waals surface area contributed by atoms with E-state index in [4.69, 9.17) is 15.2 Å². The fourth-order valence-corrected chi connectivity index (χ4v) is 4.16. The van der Waals surface area contributed by atoms with Crippen LogP contribution in [0.5, 0.6) is 12.0 Å². The predicted octanol–water partition coefficient (Wildman–Crippen LogP) is 1.40. The number of nitrogens with one attached hydrogen (secondary N) is 1. The molecule has 0 saturated carbocycles. The first-order chi connectivity index (χ1) is 16.5. The van der Waals surface area contributed by atoms with Crippen molar-refractivity contribution in [2.75, 3.05) is 46.2 Å². The van der Waals surface area contributed by atoms with Crippen LogP contribution in [-0.2, 0) is 11.3 Å². The Bertz CT molecular complexity index is 1130. The molecule has 11 nitrogen and oxygen atoms in total. The molecule has 4 rings (SSSR count). The molecule has 1 unspecified atom stereocenters. The van der Waals surface area contributed by atoms with Crippen LogP contribution in [0.4, 0.5) is 5.82 Å². The van der Waals surface area contributed by atoms with Crippen LogP contribution in [0.15, 0.2) is 24.3 Å². The molecule has 1 saturated heterocycles. The van der Waals surface area contributed by atoms with E-state index in [1.165, 1.54) is 17.4 Å². The van der Waals surface area contributed by atoms with Crippen molar-refractivity contribution in [1.82, 2.24) is 29.7 Å². The van der Waals surface area contributed by atoms with E-state index in [9.17, 15) is 9.90 Å². The number of hydrogen-bond donors (Lipinski definition) is 3. The van der Waals surface area contributed by atoms with Crippen molar-refractivity contribution >= 4 is 22.9 Å². The number of fused-ring (bicyclic) bond motifs is 1. The van der Waals surface area contributed by atoms with Crippen molar-refractivity contribution in [3.05, 3.63) is 35.4 Å². The number of carbonyl (C=O) groups excluding carboxylic acids is 1. The van der Waals surface area contributed by atoms with Crippen LogP contribution in [0.2, 0.25) is 0 Å². The van der Waals surface area contributed by atoms with E-state index in [0.717, 1.165) is 18.5 Å². The number of nitrogens with zero attached hydrogens (tertiary/aromatic N) is 5. The average Bonchev–Trinajstić information content (AvgIpc) is 3.37. The number of likely N-dealkylation sites (tertiary alicyclic amines) is 1. The number of nitrogen functional groups attached to an aromatic ring is 1. The maximum Gasteiger partial charge on any atom is 0.320 e. The summed E-state index contributed by atoms with van der Waals surface area (Å²) < 4.78 is 11.9. The van der Waals surface area contributed by atoms with Gasteiger partial charge in [0.25, 0.3) is 11.9 Å². The topological polar surface area (TPSA) is 141 Å². The van der Waals surface area contributed by atoms with Gasteiger partial charge in [0, 0.05) is 25.3 Å². The standard InChI is InChI=1S/C23H31N7O4/c1-29-11-3-4-17(29)9-10-25-21(31)16-7-5-15(6-8-16)14-30-20-18(26-23(30)32)19(24)27-22(28-20)34-13-12-33-2/h5-8,17H,3-4,9-14H2,1-2H3,(H,25,31)(H,26,32)(H2,24,27,28). The Kier molecular flexibility index (Phi) is 7.43. The van der Waals surface area contributed by atoms with Gasteiger partial charge in [-0.2, -0.15) is 15.0 Å². The monoisotopic (exact) mass is 469 g/mol. The number of ether oxygens (including phenoxy) is 2. The molecule has 0 bridgehead atoms. The fourth-order valence-electron chi connectivity index (χ4n) is 4.16. The summed E-state index contributed by atoms with van der Waals surface area (Å²) in [5.74, 6) is 0.0174. The van der Waals surface area contributed by atoms with E-state index in [1.54, 1.807) is 19.2 Å². The number of nitrogens with two attached hydrogens (primary N) is 1. The van der Waals surface area contributed by atoms with Crippen molar-refractivity contribution in [1.29, 1.82) is 0 Å². The number of benzene rings is 1. The summed E-state index contributed by atoms with van der Waals surface area (Å²) >= 11 is 0. The van der Waals surface area contributed by atoms with Gasteiger partial charge < -0.3 is 30.5 Å². The molecule has 1 amide bonds. The maximum atomic E-state index is 12.5. The highest BCUT2D eigenvalue weighted by atomic mass is 16.5. The molecule has 1 atom stereocenters. The first kappa shape index (κ1) is 23.7. The molecule has 1 fully saturated rings. The molecule has 0 spiro atoms. The molecule has 3 heterocycles. The minimum absolute atomic E-state index is 0.0824. The van der Waals surface area contributed by atoms with Gasteiger partial charge in [0.1, 0.15) is 6.61 Å². The highest BCUT2D eigenvalue weighted by Gasteiger charge is 2.20. The number of amides is 1. The normalized spacial score (nSPS) is 16.2. The number of rotatable bonds is 10. The lowest BCUT2D eigenvalue weighted by molar-refractivity contribution is 0.0950. The van der Waals surface area contributed by atoms with Crippen LogP contribution < -0.4 is 15.8 Å². The zero-order valence-corrected chi connectivity index (χ0v) is 19.5. The number of carbonyl (C=O) groups is 1. The van der Waals surface area contributed by atoms with E-state index in [2.05, 4.69) is 32.2 Å². The summed E-state index contributed by atoms with van der Waals surface area (Å²) in [6.07, 6.45) is 3.36. The zero-order valence-electron chi connectivity index (χ0n) is 19.5. The third-order valence-electron chi connectivity index (χ3n) is 6.09. The fraction of sp³-hybridized carbons (Fsp3) is 0.478. The minimum atomic E-state index is -0.233. The third-order valence-corrected chi connectivity index (χ3v) is 6.09.